The summed E-state index contributed by atoms with van der Waals surface area (Å²) in [4.78, 5) is 29.4. The number of alkyl halides is 3. The van der Waals surface area contributed by atoms with Crippen molar-refractivity contribution in [3.63, 3.8) is 0 Å². The van der Waals surface area contributed by atoms with E-state index in [1.54, 1.807) is 0 Å². The van der Waals surface area contributed by atoms with Crippen LogP contribution in [-0.4, -0.2) is 47.4 Å². The number of rotatable bonds is 9. The second-order valence-electron chi connectivity index (χ2n) is 8.72. The van der Waals surface area contributed by atoms with Crippen LogP contribution in [0.4, 0.5) is 17.6 Å². The Balaban J connectivity index is 1.49. The Morgan fingerprint density at radius 1 is 1.21 bits per heavy atom. The molecular weight excluding hydrogens is 571 g/mol. The zero-order valence-electron chi connectivity index (χ0n) is 20.3. The zero-order valence-corrected chi connectivity index (χ0v) is 21.8. The first kappa shape index (κ1) is 28.4. The highest BCUT2D eigenvalue weighted by atomic mass is 35.5. The summed E-state index contributed by atoms with van der Waals surface area (Å²) >= 11 is 12.0. The standard InChI is InChI=1S/C24H20Cl2F4N4O5/c1-11(32-22(36)23(3-4-23)33-21(35)17-8-18(37-2)34-39-17)19-16(27)5-12(9-31-19)14-6-13(25)7-15(26)20(14)38-10-24(28,29)30/h5-9,11H,3-4,10H2,1-2H3,(H,32,36)(H,33,35)/t11-/m1/s1. The summed E-state index contributed by atoms with van der Waals surface area (Å²) in [5.74, 6) is -2.51. The fraction of sp³-hybridized carbons (Fsp3) is 0.333. The molecule has 1 aliphatic rings. The summed E-state index contributed by atoms with van der Waals surface area (Å²) in [7, 11) is 1.35. The van der Waals surface area contributed by atoms with Crippen LogP contribution >= 0.6 is 23.2 Å². The molecule has 3 aromatic rings. The van der Waals surface area contributed by atoms with Crippen molar-refractivity contribution in [1.29, 1.82) is 0 Å². The third kappa shape index (κ3) is 6.53. The van der Waals surface area contributed by atoms with Gasteiger partial charge in [0.2, 0.25) is 11.7 Å². The number of hydrogen-bond donors (Lipinski definition) is 2. The van der Waals surface area contributed by atoms with Gasteiger partial charge in [-0.05, 0) is 43.1 Å². The SMILES string of the molecule is COc1cc(C(=O)NC2(C(=O)N[C@H](C)c3ncc(-c4cc(Cl)cc(Cl)c4OCC(F)(F)F)cc3F)CC2)on1. The van der Waals surface area contributed by atoms with Crippen LogP contribution < -0.4 is 20.1 Å². The second kappa shape index (κ2) is 10.9. The Kier molecular flexibility index (Phi) is 7.94. The summed E-state index contributed by atoms with van der Waals surface area (Å²) < 4.78 is 67.9. The number of benzene rings is 1. The predicted octanol–water partition coefficient (Wildman–Crippen LogP) is 5.27. The van der Waals surface area contributed by atoms with Gasteiger partial charge in [-0.3, -0.25) is 14.6 Å². The molecule has 4 rings (SSSR count). The largest absolute Gasteiger partial charge is 0.482 e. The van der Waals surface area contributed by atoms with Crippen molar-refractivity contribution in [1.82, 2.24) is 20.8 Å². The van der Waals surface area contributed by atoms with Crippen LogP contribution in [0, 0.1) is 5.82 Å². The fourth-order valence-electron chi connectivity index (χ4n) is 3.67. The van der Waals surface area contributed by atoms with Crippen molar-refractivity contribution in [2.75, 3.05) is 13.7 Å². The Morgan fingerprint density at radius 3 is 2.51 bits per heavy atom. The molecule has 0 unspecified atom stereocenters. The van der Waals surface area contributed by atoms with Gasteiger partial charge in [-0.1, -0.05) is 23.2 Å². The monoisotopic (exact) mass is 590 g/mol. The molecule has 208 valence electrons. The Morgan fingerprint density at radius 2 is 1.92 bits per heavy atom. The topological polar surface area (TPSA) is 116 Å². The van der Waals surface area contributed by atoms with E-state index in [0.717, 1.165) is 6.07 Å². The number of nitrogens with zero attached hydrogens (tertiary/aromatic N) is 2. The van der Waals surface area contributed by atoms with E-state index in [2.05, 4.69) is 20.8 Å². The number of amides is 2. The van der Waals surface area contributed by atoms with Crippen LogP contribution in [0.25, 0.3) is 11.1 Å². The third-order valence-electron chi connectivity index (χ3n) is 5.79. The lowest BCUT2D eigenvalue weighted by molar-refractivity contribution is -0.153. The van der Waals surface area contributed by atoms with Gasteiger partial charge in [0, 0.05) is 22.3 Å². The van der Waals surface area contributed by atoms with Crippen molar-refractivity contribution in [2.45, 2.75) is 37.5 Å². The minimum absolute atomic E-state index is 0.00455. The van der Waals surface area contributed by atoms with Crippen molar-refractivity contribution < 1.29 is 41.1 Å². The van der Waals surface area contributed by atoms with E-state index in [9.17, 15) is 22.8 Å². The first-order valence-corrected chi connectivity index (χ1v) is 12.1. The number of carbonyl (C=O) groups is 2. The molecule has 15 heteroatoms. The highest BCUT2D eigenvalue weighted by molar-refractivity contribution is 6.36. The van der Waals surface area contributed by atoms with Gasteiger partial charge in [-0.2, -0.15) is 13.2 Å². The maximum atomic E-state index is 15.1. The molecular formula is C24H20Cl2F4N4O5. The van der Waals surface area contributed by atoms with Gasteiger partial charge >= 0.3 is 6.18 Å². The van der Waals surface area contributed by atoms with Gasteiger partial charge in [0.05, 0.1) is 29.9 Å². The summed E-state index contributed by atoms with van der Waals surface area (Å²) in [6.07, 6.45) is -2.77. The predicted molar refractivity (Wildman–Crippen MR) is 130 cm³/mol. The van der Waals surface area contributed by atoms with E-state index >= 15 is 4.39 Å². The number of halogens is 6. The summed E-state index contributed by atoms with van der Waals surface area (Å²) in [5.41, 5.74) is -1.33. The number of pyridine rings is 1. The number of ether oxygens (including phenoxy) is 2. The van der Waals surface area contributed by atoms with Crippen LogP contribution in [0.3, 0.4) is 0 Å². The smallest absolute Gasteiger partial charge is 0.422 e. The molecule has 2 N–H and O–H groups in total. The highest BCUT2D eigenvalue weighted by Gasteiger charge is 2.52. The van der Waals surface area contributed by atoms with Crippen LogP contribution in [0.5, 0.6) is 11.6 Å². The quantitative estimate of drug-likeness (QED) is 0.326. The molecule has 2 aromatic heterocycles. The lowest BCUT2D eigenvalue weighted by Gasteiger charge is -2.21. The first-order valence-electron chi connectivity index (χ1n) is 11.3. The molecule has 0 bridgehead atoms. The van der Waals surface area contributed by atoms with E-state index in [1.165, 1.54) is 38.4 Å². The van der Waals surface area contributed by atoms with E-state index in [0.29, 0.717) is 12.8 Å². The molecule has 0 saturated heterocycles. The normalized spacial score (nSPS) is 14.9. The minimum atomic E-state index is -4.64. The Labute approximate surface area is 228 Å². The molecule has 0 aliphatic heterocycles. The minimum Gasteiger partial charge on any atom is -0.482 e. The number of methoxy groups -OCH3 is 1. The lowest BCUT2D eigenvalue weighted by atomic mass is 10.0. The third-order valence-corrected chi connectivity index (χ3v) is 6.28. The van der Waals surface area contributed by atoms with Crippen molar-refractivity contribution in [2.24, 2.45) is 0 Å². The number of hydrogen-bond acceptors (Lipinski definition) is 7. The van der Waals surface area contributed by atoms with Gasteiger partial charge in [-0.25, -0.2) is 4.39 Å². The van der Waals surface area contributed by atoms with E-state index in [4.69, 9.17) is 37.2 Å². The van der Waals surface area contributed by atoms with Gasteiger partial charge < -0.3 is 24.6 Å². The van der Waals surface area contributed by atoms with E-state index in [-0.39, 0.29) is 44.3 Å². The van der Waals surface area contributed by atoms with Crippen molar-refractivity contribution in [3.05, 3.63) is 57.8 Å². The molecule has 1 aromatic carbocycles. The van der Waals surface area contributed by atoms with Crippen LogP contribution in [0.15, 0.2) is 35.0 Å². The number of carbonyl (C=O) groups excluding carboxylic acids is 2. The average Bonchev–Trinajstić information content (AvgIpc) is 3.47. The lowest BCUT2D eigenvalue weighted by Crippen LogP contribution is -2.49. The Hall–Kier alpha value is -3.58. The van der Waals surface area contributed by atoms with Crippen LogP contribution in [0.2, 0.25) is 10.0 Å². The molecule has 1 fully saturated rings. The van der Waals surface area contributed by atoms with Crippen molar-refractivity contribution in [3.8, 4) is 22.8 Å². The molecule has 0 spiro atoms. The molecule has 1 aliphatic carbocycles. The molecule has 1 atom stereocenters. The second-order valence-corrected chi connectivity index (χ2v) is 9.57. The number of nitrogens with one attached hydrogen (secondary N) is 2. The summed E-state index contributed by atoms with van der Waals surface area (Å²) in [6.45, 7) is -0.142. The number of aromatic nitrogens is 2. The molecule has 39 heavy (non-hydrogen) atoms. The molecule has 0 radical (unpaired) electrons. The molecule has 2 heterocycles. The maximum absolute atomic E-state index is 15.1. The Bertz CT molecular complexity index is 1410. The zero-order chi connectivity index (χ0) is 28.5. The highest BCUT2D eigenvalue weighted by Crippen LogP contribution is 2.40. The first-order chi connectivity index (χ1) is 18.3. The summed E-state index contributed by atoms with van der Waals surface area (Å²) in [6, 6.07) is 3.80. The molecule has 2 amide bonds. The van der Waals surface area contributed by atoms with Crippen LogP contribution in [-0.2, 0) is 4.79 Å². The van der Waals surface area contributed by atoms with Crippen LogP contribution in [0.1, 0.15) is 42.1 Å². The average molecular weight is 591 g/mol. The fourth-order valence-corrected chi connectivity index (χ4v) is 4.22. The van der Waals surface area contributed by atoms with Gasteiger partial charge in [0.15, 0.2) is 6.61 Å². The van der Waals surface area contributed by atoms with Crippen molar-refractivity contribution >= 4 is 35.0 Å². The van der Waals surface area contributed by atoms with Gasteiger partial charge in [-0.15, -0.1) is 0 Å². The van der Waals surface area contributed by atoms with E-state index < -0.39 is 42.0 Å². The molecule has 9 nitrogen and oxygen atoms in total. The van der Waals surface area contributed by atoms with Gasteiger partial charge in [0.25, 0.3) is 11.8 Å². The maximum Gasteiger partial charge on any atom is 0.422 e. The molecule has 1 saturated carbocycles. The summed E-state index contributed by atoms with van der Waals surface area (Å²) in [5, 5.41) is 8.62. The van der Waals surface area contributed by atoms with Gasteiger partial charge in [0.1, 0.15) is 17.1 Å². The van der Waals surface area contributed by atoms with E-state index in [1.807, 2.05) is 0 Å².